The van der Waals surface area contributed by atoms with E-state index in [2.05, 4.69) is 49.4 Å². The second kappa shape index (κ2) is 9.35. The van der Waals surface area contributed by atoms with Gasteiger partial charge in [-0.3, -0.25) is 0 Å². The van der Waals surface area contributed by atoms with Crippen LogP contribution in [0.15, 0.2) is 29.5 Å². The third-order valence-corrected chi connectivity index (χ3v) is 4.58. The smallest absolute Gasteiger partial charge is 0.151 e. The molecule has 1 aromatic heterocycles. The summed E-state index contributed by atoms with van der Waals surface area (Å²) in [5.74, 6) is 0.606. The highest BCUT2D eigenvalue weighted by Gasteiger charge is 2.27. The van der Waals surface area contributed by atoms with E-state index in [0.717, 1.165) is 37.3 Å². The summed E-state index contributed by atoms with van der Waals surface area (Å²) >= 11 is 0. The van der Waals surface area contributed by atoms with Crippen LogP contribution in [-0.2, 0) is 4.74 Å². The van der Waals surface area contributed by atoms with Crippen LogP contribution in [0.25, 0.3) is 5.57 Å². The Balaban J connectivity index is 2.36. The summed E-state index contributed by atoms with van der Waals surface area (Å²) in [5.41, 5.74) is 2.31. The molecule has 2 rings (SSSR count). The number of hydrogen-bond acceptors (Lipinski definition) is 4. The number of ether oxygens (including phenoxy) is 1. The van der Waals surface area contributed by atoms with Crippen molar-refractivity contribution in [1.82, 2.24) is 14.5 Å². The third kappa shape index (κ3) is 4.61. The highest BCUT2D eigenvalue weighted by atomic mass is 16.5. The zero-order valence-corrected chi connectivity index (χ0v) is 16.3. The van der Waals surface area contributed by atoms with Crippen molar-refractivity contribution in [1.29, 1.82) is 5.26 Å². The first-order chi connectivity index (χ1) is 12.5. The van der Waals surface area contributed by atoms with Gasteiger partial charge < -0.3 is 14.2 Å². The fraction of sp³-hybridized carbons (Fsp3) is 0.550. The Morgan fingerprint density at radius 3 is 2.96 bits per heavy atom. The van der Waals surface area contributed by atoms with Crippen LogP contribution in [0.4, 0.5) is 0 Å². The Labute approximate surface area is 156 Å². The summed E-state index contributed by atoms with van der Waals surface area (Å²) in [4.78, 5) is 11.4. The van der Waals surface area contributed by atoms with E-state index in [1.165, 1.54) is 0 Å². The Hall–Kier alpha value is -2.39. The normalized spacial score (nSPS) is 18.9. The number of aromatic nitrogens is 2. The van der Waals surface area contributed by atoms with Gasteiger partial charge in [0.1, 0.15) is 12.2 Å². The van der Waals surface area contributed by atoms with Gasteiger partial charge in [-0.05, 0) is 33.1 Å². The molecule has 0 radical (unpaired) electrons. The van der Waals surface area contributed by atoms with Gasteiger partial charge in [0.25, 0.3) is 0 Å². The molecule has 1 fully saturated rings. The van der Waals surface area contributed by atoms with E-state index in [-0.39, 0.29) is 12.2 Å². The molecule has 1 aliphatic heterocycles. The van der Waals surface area contributed by atoms with Crippen LogP contribution in [-0.4, -0.2) is 40.0 Å². The van der Waals surface area contributed by atoms with Crippen molar-refractivity contribution in [3.8, 4) is 6.07 Å². The molecular weight excluding hydrogens is 326 g/mol. The van der Waals surface area contributed by atoms with Crippen LogP contribution in [0.5, 0.6) is 0 Å². The predicted molar refractivity (Wildman–Crippen MR) is 105 cm³/mol. The lowest BCUT2D eigenvalue weighted by atomic mass is 10.2. The molecule has 2 atom stereocenters. The number of nitrogens with zero attached hydrogens (tertiary/aromatic N) is 5. The van der Waals surface area contributed by atoms with Gasteiger partial charge in [-0.1, -0.05) is 26.5 Å². The second-order valence-corrected chi connectivity index (χ2v) is 6.50. The Morgan fingerprint density at radius 1 is 1.62 bits per heavy atom. The number of aryl methyl sites for hydroxylation is 1. The summed E-state index contributed by atoms with van der Waals surface area (Å²) in [7, 11) is 0. The highest BCUT2D eigenvalue weighted by Crippen LogP contribution is 2.24. The summed E-state index contributed by atoms with van der Waals surface area (Å²) < 4.78 is 7.60. The van der Waals surface area contributed by atoms with E-state index < -0.39 is 0 Å². The summed E-state index contributed by atoms with van der Waals surface area (Å²) in [6.45, 7) is 13.5. The van der Waals surface area contributed by atoms with Gasteiger partial charge >= 0.3 is 0 Å². The number of nitriles is 1. The van der Waals surface area contributed by atoms with Gasteiger partial charge in [-0.25, -0.2) is 9.98 Å². The van der Waals surface area contributed by atoms with Crippen molar-refractivity contribution in [2.24, 2.45) is 4.99 Å². The molecule has 0 aliphatic carbocycles. The van der Waals surface area contributed by atoms with Gasteiger partial charge in [0.2, 0.25) is 0 Å². The summed E-state index contributed by atoms with van der Waals surface area (Å²) in [6.07, 6.45) is 8.80. The minimum Gasteiger partial charge on any atom is -0.379 e. The van der Waals surface area contributed by atoms with Crippen molar-refractivity contribution in [3.63, 3.8) is 0 Å². The largest absolute Gasteiger partial charge is 0.379 e. The van der Waals surface area contributed by atoms with Crippen LogP contribution in [0, 0.1) is 18.3 Å². The number of imidazole rings is 1. The lowest BCUT2D eigenvalue weighted by Gasteiger charge is -2.33. The highest BCUT2D eigenvalue weighted by molar-refractivity contribution is 5.70. The molecular formula is C20H29N5O. The van der Waals surface area contributed by atoms with E-state index in [1.807, 2.05) is 24.0 Å². The Kier molecular flexibility index (Phi) is 7.16. The summed E-state index contributed by atoms with van der Waals surface area (Å²) in [5, 5.41) is 9.25. The Bertz CT molecular complexity index is 719. The predicted octanol–water partition coefficient (Wildman–Crippen LogP) is 4.07. The SMILES string of the molecule is C=C(C#N)c1nc(C)cn1C(C)N(C=N/C(=C/CC)CC)C1CCOC1. The monoisotopic (exact) mass is 355 g/mol. The molecule has 0 spiro atoms. The molecule has 0 aromatic carbocycles. The number of allylic oxidation sites excluding steroid dienone is 3. The lowest BCUT2D eigenvalue weighted by molar-refractivity contribution is 0.147. The number of aliphatic imine (C=N–C) groups is 1. The van der Waals surface area contributed by atoms with Gasteiger partial charge in [0.15, 0.2) is 5.82 Å². The van der Waals surface area contributed by atoms with Gasteiger partial charge in [-0.2, -0.15) is 5.26 Å². The van der Waals surface area contributed by atoms with Gasteiger partial charge in [-0.15, -0.1) is 0 Å². The molecule has 1 saturated heterocycles. The summed E-state index contributed by atoms with van der Waals surface area (Å²) in [6, 6.07) is 2.36. The van der Waals surface area contributed by atoms with E-state index in [9.17, 15) is 5.26 Å². The molecule has 0 amide bonds. The van der Waals surface area contributed by atoms with Crippen LogP contribution in [0.1, 0.15) is 57.7 Å². The van der Waals surface area contributed by atoms with E-state index in [1.54, 1.807) is 0 Å². The molecule has 0 bridgehead atoms. The van der Waals surface area contributed by atoms with E-state index in [4.69, 9.17) is 9.73 Å². The molecule has 0 N–H and O–H groups in total. The maximum atomic E-state index is 9.25. The van der Waals surface area contributed by atoms with Gasteiger partial charge in [0, 0.05) is 18.5 Å². The average molecular weight is 355 g/mol. The Morgan fingerprint density at radius 2 is 2.38 bits per heavy atom. The molecule has 6 heteroatoms. The fourth-order valence-electron chi connectivity index (χ4n) is 3.14. The average Bonchev–Trinajstić information content (AvgIpc) is 3.29. The molecule has 26 heavy (non-hydrogen) atoms. The first-order valence-corrected chi connectivity index (χ1v) is 9.25. The van der Waals surface area contributed by atoms with Crippen LogP contribution in [0.3, 0.4) is 0 Å². The first kappa shape index (κ1) is 19.9. The molecule has 0 saturated carbocycles. The molecule has 6 nitrogen and oxygen atoms in total. The molecule has 2 heterocycles. The van der Waals surface area contributed by atoms with Crippen molar-refractivity contribution in [2.75, 3.05) is 13.2 Å². The van der Waals surface area contributed by atoms with Crippen LogP contribution >= 0.6 is 0 Å². The van der Waals surface area contributed by atoms with Gasteiger partial charge in [0.05, 0.1) is 30.3 Å². The van der Waals surface area contributed by atoms with E-state index in [0.29, 0.717) is 18.0 Å². The van der Waals surface area contributed by atoms with Crippen molar-refractivity contribution >= 4 is 11.9 Å². The zero-order valence-electron chi connectivity index (χ0n) is 16.3. The molecule has 2 unspecified atom stereocenters. The van der Waals surface area contributed by atoms with Crippen molar-refractivity contribution in [2.45, 2.75) is 59.2 Å². The van der Waals surface area contributed by atoms with Crippen molar-refractivity contribution in [3.05, 3.63) is 36.1 Å². The lowest BCUT2D eigenvalue weighted by Crippen LogP contribution is -2.39. The van der Waals surface area contributed by atoms with Crippen LogP contribution in [0.2, 0.25) is 0 Å². The fourth-order valence-corrected chi connectivity index (χ4v) is 3.14. The molecule has 140 valence electrons. The number of rotatable bonds is 8. The topological polar surface area (TPSA) is 66.4 Å². The maximum absolute atomic E-state index is 9.25. The van der Waals surface area contributed by atoms with Crippen molar-refractivity contribution < 1.29 is 4.74 Å². The first-order valence-electron chi connectivity index (χ1n) is 9.25. The minimum absolute atomic E-state index is 0.0496. The third-order valence-electron chi connectivity index (χ3n) is 4.58. The number of hydrogen-bond donors (Lipinski definition) is 0. The molecule has 1 aromatic rings. The van der Waals surface area contributed by atoms with Crippen LogP contribution < -0.4 is 0 Å². The second-order valence-electron chi connectivity index (χ2n) is 6.50. The quantitative estimate of drug-likeness (QED) is 0.400. The maximum Gasteiger partial charge on any atom is 0.151 e. The molecule has 1 aliphatic rings. The minimum atomic E-state index is -0.0496. The zero-order chi connectivity index (χ0) is 19.1. The standard InChI is InChI=1S/C20H29N5O/c1-6-8-18(7-2)22-14-25(19-9-10-26-13-19)17(5)24-12-16(4)23-20(24)15(3)11-21/h8,12,14,17,19H,3,6-7,9-10,13H2,1-2,4-5H3/b18-8+,22-14?. The van der Waals surface area contributed by atoms with E-state index >= 15 is 0 Å².